The van der Waals surface area contributed by atoms with Gasteiger partial charge >= 0.3 is 0 Å². The van der Waals surface area contributed by atoms with Crippen molar-refractivity contribution in [3.8, 4) is 0 Å². The summed E-state index contributed by atoms with van der Waals surface area (Å²) in [5, 5.41) is 0. The zero-order chi connectivity index (χ0) is 14.1. The Morgan fingerprint density at radius 2 is 1.85 bits per heavy atom. The standard InChI is InChI=1S/C16H22N4/c1-12(2)20-11-18-8-16(20)15(7-17)19-9-13-5-3-4-6-14(13)10-19/h3-6,8,11-12,15H,7,9-10,17H2,1-2H3. The van der Waals surface area contributed by atoms with E-state index in [9.17, 15) is 0 Å². The molecule has 0 saturated heterocycles. The molecule has 0 amide bonds. The number of rotatable bonds is 4. The van der Waals surface area contributed by atoms with E-state index in [0.717, 1.165) is 13.1 Å². The molecular weight excluding hydrogens is 248 g/mol. The van der Waals surface area contributed by atoms with E-state index in [2.05, 4.69) is 52.6 Å². The average Bonchev–Trinajstić information content (AvgIpc) is 3.05. The van der Waals surface area contributed by atoms with Gasteiger partial charge in [0.25, 0.3) is 0 Å². The molecule has 3 rings (SSSR count). The Morgan fingerprint density at radius 3 is 2.40 bits per heavy atom. The van der Waals surface area contributed by atoms with Crippen LogP contribution in [0.2, 0.25) is 0 Å². The molecule has 1 aliphatic rings. The molecule has 0 fully saturated rings. The minimum absolute atomic E-state index is 0.229. The van der Waals surface area contributed by atoms with Gasteiger partial charge in [-0.05, 0) is 25.0 Å². The van der Waals surface area contributed by atoms with Gasteiger partial charge < -0.3 is 10.3 Å². The third-order valence-corrected chi connectivity index (χ3v) is 4.12. The number of hydrogen-bond donors (Lipinski definition) is 1. The molecule has 4 heteroatoms. The van der Waals surface area contributed by atoms with Crippen molar-refractivity contribution in [3.05, 3.63) is 53.6 Å². The van der Waals surface area contributed by atoms with Crippen LogP contribution in [0.25, 0.3) is 0 Å². The summed E-state index contributed by atoms with van der Waals surface area (Å²) in [6.07, 6.45) is 3.87. The van der Waals surface area contributed by atoms with Crippen molar-refractivity contribution in [2.45, 2.75) is 39.0 Å². The highest BCUT2D eigenvalue weighted by molar-refractivity contribution is 5.31. The quantitative estimate of drug-likeness (QED) is 0.928. The first-order valence-electron chi connectivity index (χ1n) is 7.23. The van der Waals surface area contributed by atoms with E-state index >= 15 is 0 Å². The maximum absolute atomic E-state index is 6.06. The van der Waals surface area contributed by atoms with Crippen LogP contribution in [0.4, 0.5) is 0 Å². The number of hydrogen-bond acceptors (Lipinski definition) is 3. The predicted octanol–water partition coefficient (Wildman–Crippen LogP) is 2.48. The molecule has 1 aromatic heterocycles. The topological polar surface area (TPSA) is 47.1 Å². The second-order valence-corrected chi connectivity index (χ2v) is 5.74. The van der Waals surface area contributed by atoms with Crippen LogP contribution in [0.3, 0.4) is 0 Å². The fourth-order valence-corrected chi connectivity index (χ4v) is 3.04. The predicted molar refractivity (Wildman–Crippen MR) is 80.1 cm³/mol. The highest BCUT2D eigenvalue weighted by Gasteiger charge is 2.28. The first-order chi connectivity index (χ1) is 9.70. The van der Waals surface area contributed by atoms with Gasteiger partial charge in [-0.15, -0.1) is 0 Å². The van der Waals surface area contributed by atoms with Crippen LogP contribution in [0, 0.1) is 0 Å². The smallest absolute Gasteiger partial charge is 0.0951 e. The van der Waals surface area contributed by atoms with Crippen molar-refractivity contribution in [1.82, 2.24) is 14.5 Å². The van der Waals surface area contributed by atoms with Gasteiger partial charge in [-0.3, -0.25) is 4.90 Å². The summed E-state index contributed by atoms with van der Waals surface area (Å²) in [5.41, 5.74) is 10.1. The van der Waals surface area contributed by atoms with Crippen LogP contribution in [0.1, 0.15) is 42.8 Å². The van der Waals surface area contributed by atoms with Gasteiger partial charge in [-0.25, -0.2) is 4.98 Å². The van der Waals surface area contributed by atoms with Crippen LogP contribution >= 0.6 is 0 Å². The van der Waals surface area contributed by atoms with E-state index in [-0.39, 0.29) is 6.04 Å². The van der Waals surface area contributed by atoms with Crippen LogP contribution < -0.4 is 5.73 Å². The maximum Gasteiger partial charge on any atom is 0.0951 e. The molecule has 1 atom stereocenters. The van der Waals surface area contributed by atoms with Gasteiger partial charge in [-0.2, -0.15) is 0 Å². The normalized spacial score (nSPS) is 16.6. The van der Waals surface area contributed by atoms with Crippen molar-refractivity contribution in [2.24, 2.45) is 5.73 Å². The molecule has 0 spiro atoms. The average molecular weight is 270 g/mol. The van der Waals surface area contributed by atoms with E-state index in [0.29, 0.717) is 12.6 Å². The summed E-state index contributed by atoms with van der Waals surface area (Å²) in [6.45, 7) is 6.92. The summed E-state index contributed by atoms with van der Waals surface area (Å²) in [7, 11) is 0. The zero-order valence-corrected chi connectivity index (χ0v) is 12.2. The number of imidazole rings is 1. The third-order valence-electron chi connectivity index (χ3n) is 4.12. The van der Waals surface area contributed by atoms with Crippen molar-refractivity contribution < 1.29 is 0 Å². The Kier molecular flexibility index (Phi) is 3.59. The van der Waals surface area contributed by atoms with E-state index < -0.39 is 0 Å². The Morgan fingerprint density at radius 1 is 1.20 bits per heavy atom. The van der Waals surface area contributed by atoms with Gasteiger partial charge in [0.1, 0.15) is 0 Å². The molecule has 0 aliphatic carbocycles. The fourth-order valence-electron chi connectivity index (χ4n) is 3.04. The SMILES string of the molecule is CC(C)n1cncc1C(CN)N1Cc2ccccc2C1. The van der Waals surface area contributed by atoms with Crippen molar-refractivity contribution in [3.63, 3.8) is 0 Å². The molecule has 0 radical (unpaired) electrons. The number of aromatic nitrogens is 2. The second kappa shape index (κ2) is 5.38. The lowest BCUT2D eigenvalue weighted by Crippen LogP contribution is -2.31. The molecule has 1 aliphatic heterocycles. The molecular formula is C16H22N4. The summed E-state index contributed by atoms with van der Waals surface area (Å²) >= 11 is 0. The third kappa shape index (κ3) is 2.25. The maximum atomic E-state index is 6.06. The summed E-state index contributed by atoms with van der Waals surface area (Å²) < 4.78 is 2.22. The highest BCUT2D eigenvalue weighted by atomic mass is 15.2. The molecule has 2 heterocycles. The van der Waals surface area contributed by atoms with Gasteiger partial charge in [0.05, 0.1) is 18.1 Å². The highest BCUT2D eigenvalue weighted by Crippen LogP contribution is 2.31. The summed E-state index contributed by atoms with van der Waals surface area (Å²) in [6, 6.07) is 9.28. The number of nitrogens with zero attached hydrogens (tertiary/aromatic N) is 3. The molecule has 106 valence electrons. The minimum Gasteiger partial charge on any atom is -0.331 e. The monoisotopic (exact) mass is 270 g/mol. The van der Waals surface area contributed by atoms with Gasteiger partial charge in [0, 0.05) is 31.9 Å². The summed E-state index contributed by atoms with van der Waals surface area (Å²) in [4.78, 5) is 6.76. The molecule has 2 aromatic rings. The Labute approximate surface area is 120 Å². The first-order valence-corrected chi connectivity index (χ1v) is 7.23. The number of fused-ring (bicyclic) bond motifs is 1. The number of benzene rings is 1. The van der Waals surface area contributed by atoms with Crippen molar-refractivity contribution >= 4 is 0 Å². The molecule has 2 N–H and O–H groups in total. The Bertz CT molecular complexity index is 563. The Balaban J connectivity index is 1.87. The molecule has 20 heavy (non-hydrogen) atoms. The minimum atomic E-state index is 0.229. The molecule has 0 bridgehead atoms. The van der Waals surface area contributed by atoms with E-state index in [1.54, 1.807) is 0 Å². The van der Waals surface area contributed by atoms with E-state index in [4.69, 9.17) is 5.73 Å². The fraction of sp³-hybridized carbons (Fsp3) is 0.438. The van der Waals surface area contributed by atoms with Crippen molar-refractivity contribution in [2.75, 3.05) is 6.54 Å². The molecule has 0 saturated carbocycles. The lowest BCUT2D eigenvalue weighted by atomic mass is 10.1. The van der Waals surface area contributed by atoms with Crippen LogP contribution in [-0.2, 0) is 13.1 Å². The lowest BCUT2D eigenvalue weighted by molar-refractivity contribution is 0.196. The summed E-state index contributed by atoms with van der Waals surface area (Å²) in [5.74, 6) is 0. The van der Waals surface area contributed by atoms with Crippen LogP contribution in [0.15, 0.2) is 36.8 Å². The second-order valence-electron chi connectivity index (χ2n) is 5.74. The van der Waals surface area contributed by atoms with Gasteiger partial charge in [-0.1, -0.05) is 24.3 Å². The number of nitrogens with two attached hydrogens (primary N) is 1. The molecule has 1 unspecified atom stereocenters. The Hall–Kier alpha value is -1.65. The van der Waals surface area contributed by atoms with E-state index in [1.165, 1.54) is 16.8 Å². The molecule has 1 aromatic carbocycles. The van der Waals surface area contributed by atoms with Gasteiger partial charge in [0.2, 0.25) is 0 Å². The lowest BCUT2D eigenvalue weighted by Gasteiger charge is -2.28. The van der Waals surface area contributed by atoms with Crippen LogP contribution in [0.5, 0.6) is 0 Å². The van der Waals surface area contributed by atoms with Crippen LogP contribution in [-0.4, -0.2) is 21.0 Å². The van der Waals surface area contributed by atoms with Crippen molar-refractivity contribution in [1.29, 1.82) is 0 Å². The van der Waals surface area contributed by atoms with E-state index in [1.807, 2.05) is 12.5 Å². The largest absolute Gasteiger partial charge is 0.331 e. The zero-order valence-electron chi connectivity index (χ0n) is 12.2. The molecule has 4 nitrogen and oxygen atoms in total. The van der Waals surface area contributed by atoms with Gasteiger partial charge in [0.15, 0.2) is 0 Å². The first kappa shape index (κ1) is 13.3.